The quantitative estimate of drug-likeness (QED) is 0.687. The molecule has 3 nitrogen and oxygen atoms in total. The molecule has 0 aromatic carbocycles. The Morgan fingerprint density at radius 2 is 2.20 bits per heavy atom. The molecular formula is C12H22N2O. The van der Waals surface area contributed by atoms with Crippen molar-refractivity contribution in [3.05, 3.63) is 0 Å². The fourth-order valence-electron chi connectivity index (χ4n) is 2.95. The van der Waals surface area contributed by atoms with Crippen molar-refractivity contribution in [2.75, 3.05) is 13.1 Å². The van der Waals surface area contributed by atoms with Crippen LogP contribution in [0.2, 0.25) is 0 Å². The second-order valence-electron chi connectivity index (χ2n) is 4.97. The van der Waals surface area contributed by atoms with E-state index in [1.54, 1.807) is 0 Å². The van der Waals surface area contributed by atoms with E-state index in [0.717, 1.165) is 31.8 Å². The maximum Gasteiger partial charge on any atom is 0.240 e. The van der Waals surface area contributed by atoms with Crippen molar-refractivity contribution in [1.29, 1.82) is 0 Å². The van der Waals surface area contributed by atoms with Crippen LogP contribution in [-0.2, 0) is 4.79 Å². The van der Waals surface area contributed by atoms with Crippen LogP contribution in [0.5, 0.6) is 0 Å². The molecule has 1 amide bonds. The highest BCUT2D eigenvalue weighted by Gasteiger charge is 2.40. The second-order valence-corrected chi connectivity index (χ2v) is 4.97. The lowest BCUT2D eigenvalue weighted by atomic mass is 9.87. The van der Waals surface area contributed by atoms with Crippen LogP contribution in [0.4, 0.5) is 0 Å². The first kappa shape index (κ1) is 10.9. The zero-order chi connectivity index (χ0) is 10.7. The zero-order valence-electron chi connectivity index (χ0n) is 9.64. The molecule has 2 rings (SSSR count). The molecule has 1 heterocycles. The van der Waals surface area contributed by atoms with Gasteiger partial charge in [0.25, 0.3) is 0 Å². The van der Waals surface area contributed by atoms with Crippen molar-refractivity contribution in [3.8, 4) is 0 Å². The van der Waals surface area contributed by atoms with Crippen molar-refractivity contribution < 1.29 is 4.79 Å². The Morgan fingerprint density at radius 3 is 2.93 bits per heavy atom. The number of piperazine rings is 1. The Morgan fingerprint density at radius 1 is 1.33 bits per heavy atom. The van der Waals surface area contributed by atoms with Crippen molar-refractivity contribution in [3.63, 3.8) is 0 Å². The molecule has 2 N–H and O–H groups in total. The maximum absolute atomic E-state index is 11.9. The largest absolute Gasteiger partial charge is 0.353 e. The Hall–Kier alpha value is -0.570. The van der Waals surface area contributed by atoms with Crippen LogP contribution in [-0.4, -0.2) is 24.5 Å². The third-order valence-corrected chi connectivity index (χ3v) is 4.08. The van der Waals surface area contributed by atoms with E-state index < -0.39 is 0 Å². The first-order valence-electron chi connectivity index (χ1n) is 6.30. The molecule has 2 atom stereocenters. The smallest absolute Gasteiger partial charge is 0.240 e. The highest BCUT2D eigenvalue weighted by molar-refractivity contribution is 5.87. The van der Waals surface area contributed by atoms with Gasteiger partial charge in [-0.1, -0.05) is 26.2 Å². The highest BCUT2D eigenvalue weighted by atomic mass is 16.2. The Balaban J connectivity index is 2.04. The molecule has 3 heteroatoms. The lowest BCUT2D eigenvalue weighted by molar-refractivity contribution is -0.129. The predicted octanol–water partition coefficient (Wildman–Crippen LogP) is 1.43. The molecule has 1 spiro atoms. The van der Waals surface area contributed by atoms with Gasteiger partial charge in [-0.05, 0) is 25.2 Å². The summed E-state index contributed by atoms with van der Waals surface area (Å²) < 4.78 is 0. The van der Waals surface area contributed by atoms with Gasteiger partial charge in [0, 0.05) is 13.1 Å². The summed E-state index contributed by atoms with van der Waals surface area (Å²) in [7, 11) is 0. The van der Waals surface area contributed by atoms with Crippen molar-refractivity contribution in [2.24, 2.45) is 5.92 Å². The summed E-state index contributed by atoms with van der Waals surface area (Å²) in [6.07, 6.45) is 7.01. The molecule has 1 saturated heterocycles. The molecule has 86 valence electrons. The summed E-state index contributed by atoms with van der Waals surface area (Å²) in [4.78, 5) is 11.9. The number of hydrogen-bond donors (Lipinski definition) is 2. The van der Waals surface area contributed by atoms with Gasteiger partial charge in [-0.2, -0.15) is 0 Å². The van der Waals surface area contributed by atoms with E-state index in [0.29, 0.717) is 0 Å². The predicted molar refractivity (Wildman–Crippen MR) is 60.6 cm³/mol. The van der Waals surface area contributed by atoms with E-state index in [-0.39, 0.29) is 11.4 Å². The SMILES string of the molecule is CCC1CCCC2(CC1)NCCNC2=O. The Bertz CT molecular complexity index is 242. The topological polar surface area (TPSA) is 41.1 Å². The minimum Gasteiger partial charge on any atom is -0.353 e. The summed E-state index contributed by atoms with van der Waals surface area (Å²) in [5.74, 6) is 1.08. The molecule has 0 aromatic rings. The number of carbonyl (C=O) groups is 1. The fourth-order valence-corrected chi connectivity index (χ4v) is 2.95. The van der Waals surface area contributed by atoms with E-state index in [1.165, 1.54) is 25.7 Å². The molecule has 2 aliphatic rings. The molecule has 0 bridgehead atoms. The third-order valence-electron chi connectivity index (χ3n) is 4.08. The van der Waals surface area contributed by atoms with E-state index in [1.807, 2.05) is 0 Å². The van der Waals surface area contributed by atoms with Gasteiger partial charge in [0.05, 0.1) is 5.54 Å². The van der Waals surface area contributed by atoms with E-state index in [4.69, 9.17) is 0 Å². The zero-order valence-corrected chi connectivity index (χ0v) is 9.64. The van der Waals surface area contributed by atoms with Gasteiger partial charge in [-0.3, -0.25) is 4.79 Å². The van der Waals surface area contributed by atoms with Crippen LogP contribution in [0, 0.1) is 5.92 Å². The first-order chi connectivity index (χ1) is 7.27. The van der Waals surface area contributed by atoms with Crippen LogP contribution in [0.25, 0.3) is 0 Å². The van der Waals surface area contributed by atoms with Gasteiger partial charge in [-0.15, -0.1) is 0 Å². The molecule has 2 unspecified atom stereocenters. The van der Waals surface area contributed by atoms with Crippen LogP contribution in [0.1, 0.15) is 45.4 Å². The van der Waals surface area contributed by atoms with E-state index in [2.05, 4.69) is 17.6 Å². The summed E-state index contributed by atoms with van der Waals surface area (Å²) in [6, 6.07) is 0. The standard InChI is InChI=1S/C12H22N2O/c1-2-10-4-3-6-12(7-5-10)11(15)13-8-9-14-12/h10,14H,2-9H2,1H3,(H,13,15). The number of amides is 1. The minimum absolute atomic E-state index is 0.220. The van der Waals surface area contributed by atoms with Crippen LogP contribution >= 0.6 is 0 Å². The molecule has 1 saturated carbocycles. The van der Waals surface area contributed by atoms with Crippen LogP contribution in [0.3, 0.4) is 0 Å². The van der Waals surface area contributed by atoms with Gasteiger partial charge < -0.3 is 10.6 Å². The Labute approximate surface area is 92.0 Å². The highest BCUT2D eigenvalue weighted by Crippen LogP contribution is 2.32. The molecule has 1 aliphatic carbocycles. The van der Waals surface area contributed by atoms with Crippen molar-refractivity contribution in [2.45, 2.75) is 51.0 Å². The molecule has 0 aromatic heterocycles. The number of hydrogen-bond acceptors (Lipinski definition) is 2. The van der Waals surface area contributed by atoms with Gasteiger partial charge in [-0.25, -0.2) is 0 Å². The maximum atomic E-state index is 11.9. The first-order valence-corrected chi connectivity index (χ1v) is 6.30. The van der Waals surface area contributed by atoms with E-state index >= 15 is 0 Å². The van der Waals surface area contributed by atoms with Gasteiger partial charge in [0.1, 0.15) is 0 Å². The van der Waals surface area contributed by atoms with Crippen LogP contribution < -0.4 is 10.6 Å². The summed E-state index contributed by atoms with van der Waals surface area (Å²) in [6.45, 7) is 3.98. The monoisotopic (exact) mass is 210 g/mol. The fraction of sp³-hybridized carbons (Fsp3) is 0.917. The van der Waals surface area contributed by atoms with Gasteiger partial charge in [0.15, 0.2) is 0 Å². The van der Waals surface area contributed by atoms with Crippen molar-refractivity contribution >= 4 is 5.91 Å². The van der Waals surface area contributed by atoms with Gasteiger partial charge in [0.2, 0.25) is 5.91 Å². The molecular weight excluding hydrogens is 188 g/mol. The average molecular weight is 210 g/mol. The number of carbonyl (C=O) groups excluding carboxylic acids is 1. The molecule has 0 radical (unpaired) electrons. The third kappa shape index (κ3) is 2.17. The number of nitrogens with one attached hydrogen (secondary N) is 2. The van der Waals surface area contributed by atoms with Crippen molar-refractivity contribution in [1.82, 2.24) is 10.6 Å². The summed E-state index contributed by atoms with van der Waals surface area (Å²) in [5, 5.41) is 6.46. The van der Waals surface area contributed by atoms with E-state index in [9.17, 15) is 4.79 Å². The normalized spacial score (nSPS) is 37.4. The van der Waals surface area contributed by atoms with Crippen LogP contribution in [0.15, 0.2) is 0 Å². The molecule has 15 heavy (non-hydrogen) atoms. The summed E-state index contributed by atoms with van der Waals surface area (Å²) >= 11 is 0. The number of rotatable bonds is 1. The minimum atomic E-state index is -0.220. The molecule has 2 fully saturated rings. The summed E-state index contributed by atoms with van der Waals surface area (Å²) in [5.41, 5.74) is -0.220. The Kier molecular flexibility index (Phi) is 3.29. The lowest BCUT2D eigenvalue weighted by Crippen LogP contribution is -2.62. The molecule has 1 aliphatic heterocycles. The lowest BCUT2D eigenvalue weighted by Gasteiger charge is -2.36. The van der Waals surface area contributed by atoms with Gasteiger partial charge >= 0.3 is 0 Å². The average Bonchev–Trinajstić information content (AvgIpc) is 2.46. The second kappa shape index (κ2) is 4.52.